The molecule has 1 amide bonds. The molecule has 17 heavy (non-hydrogen) atoms. The van der Waals surface area contributed by atoms with E-state index < -0.39 is 5.97 Å². The van der Waals surface area contributed by atoms with Crippen LogP contribution in [0.15, 0.2) is 12.3 Å². The van der Waals surface area contributed by atoms with E-state index in [0.717, 1.165) is 12.8 Å². The summed E-state index contributed by atoms with van der Waals surface area (Å²) in [5.41, 5.74) is 1.46. The fourth-order valence-electron chi connectivity index (χ4n) is 1.52. The largest absolute Gasteiger partial charge is 0.465 e. The summed E-state index contributed by atoms with van der Waals surface area (Å²) in [6, 6.07) is 1.61. The number of aromatic nitrogens is 1. The molecule has 2 rings (SSSR count). The first-order valence-electron chi connectivity index (χ1n) is 5.47. The van der Waals surface area contributed by atoms with Gasteiger partial charge in [-0.1, -0.05) is 0 Å². The van der Waals surface area contributed by atoms with E-state index in [1.165, 1.54) is 13.3 Å². The van der Waals surface area contributed by atoms with Gasteiger partial charge < -0.3 is 10.1 Å². The van der Waals surface area contributed by atoms with E-state index in [2.05, 4.69) is 15.0 Å². The van der Waals surface area contributed by atoms with Crippen molar-refractivity contribution in [3.63, 3.8) is 0 Å². The van der Waals surface area contributed by atoms with Crippen LogP contribution < -0.4 is 5.32 Å². The molecule has 5 heteroatoms. The van der Waals surface area contributed by atoms with Crippen LogP contribution in [0.1, 0.15) is 28.9 Å². The van der Waals surface area contributed by atoms with Crippen LogP contribution in [-0.4, -0.2) is 24.0 Å². The lowest BCUT2D eigenvalue weighted by atomic mass is 10.2. The molecule has 0 bridgehead atoms. The first-order chi connectivity index (χ1) is 8.11. The van der Waals surface area contributed by atoms with Crippen molar-refractivity contribution in [1.29, 1.82) is 0 Å². The number of rotatable bonds is 3. The Morgan fingerprint density at radius 3 is 2.76 bits per heavy atom. The van der Waals surface area contributed by atoms with Crippen LogP contribution >= 0.6 is 0 Å². The van der Waals surface area contributed by atoms with Gasteiger partial charge in [-0.2, -0.15) is 0 Å². The van der Waals surface area contributed by atoms with Gasteiger partial charge in [-0.25, -0.2) is 4.79 Å². The summed E-state index contributed by atoms with van der Waals surface area (Å²) in [6.45, 7) is 1.78. The normalized spacial score (nSPS) is 14.2. The molecule has 90 valence electrons. The third-order valence-corrected chi connectivity index (χ3v) is 2.65. The monoisotopic (exact) mass is 234 g/mol. The first-order valence-corrected chi connectivity index (χ1v) is 5.47. The van der Waals surface area contributed by atoms with Gasteiger partial charge >= 0.3 is 5.97 Å². The number of methoxy groups -OCH3 is 1. The average Bonchev–Trinajstić information content (AvgIpc) is 3.14. The molecule has 1 fully saturated rings. The SMILES string of the molecule is COC(=O)c1cc(C)ncc1NC(=O)C1CC1. The number of nitrogens with zero attached hydrogens (tertiary/aromatic N) is 1. The van der Waals surface area contributed by atoms with E-state index in [4.69, 9.17) is 0 Å². The Balaban J connectivity index is 2.25. The van der Waals surface area contributed by atoms with E-state index in [0.29, 0.717) is 16.9 Å². The van der Waals surface area contributed by atoms with Crippen molar-refractivity contribution in [1.82, 2.24) is 4.98 Å². The Bertz CT molecular complexity index is 467. The third-order valence-electron chi connectivity index (χ3n) is 2.65. The summed E-state index contributed by atoms with van der Waals surface area (Å²) in [5.74, 6) is -0.441. The van der Waals surface area contributed by atoms with Gasteiger partial charge in [-0.15, -0.1) is 0 Å². The number of carbonyl (C=O) groups is 2. The lowest BCUT2D eigenvalue weighted by molar-refractivity contribution is -0.117. The maximum absolute atomic E-state index is 11.6. The summed E-state index contributed by atoms with van der Waals surface area (Å²) >= 11 is 0. The number of anilines is 1. The Labute approximate surface area is 99.2 Å². The van der Waals surface area contributed by atoms with Crippen molar-refractivity contribution >= 4 is 17.6 Å². The topological polar surface area (TPSA) is 68.3 Å². The van der Waals surface area contributed by atoms with Gasteiger partial charge in [0.1, 0.15) is 0 Å². The zero-order chi connectivity index (χ0) is 12.4. The standard InChI is InChI=1S/C12H14N2O3/c1-7-5-9(12(16)17-2)10(6-13-7)14-11(15)8-3-4-8/h5-6,8H,3-4H2,1-2H3,(H,14,15). The number of hydrogen-bond donors (Lipinski definition) is 1. The Kier molecular flexibility index (Phi) is 3.08. The molecule has 1 aliphatic rings. The third kappa shape index (κ3) is 2.61. The number of pyridine rings is 1. The summed E-state index contributed by atoms with van der Waals surface area (Å²) in [6.07, 6.45) is 3.32. The van der Waals surface area contributed by atoms with E-state index >= 15 is 0 Å². The number of esters is 1. The van der Waals surface area contributed by atoms with Gasteiger partial charge in [0.2, 0.25) is 5.91 Å². The molecule has 1 aromatic heterocycles. The lowest BCUT2D eigenvalue weighted by Crippen LogP contribution is -2.17. The summed E-state index contributed by atoms with van der Waals surface area (Å²) in [7, 11) is 1.31. The van der Waals surface area contributed by atoms with E-state index in [1.54, 1.807) is 13.0 Å². The van der Waals surface area contributed by atoms with Gasteiger partial charge in [-0.3, -0.25) is 9.78 Å². The molecule has 0 aliphatic heterocycles. The van der Waals surface area contributed by atoms with Crippen LogP contribution in [0.2, 0.25) is 0 Å². The molecule has 0 radical (unpaired) electrons. The molecule has 0 saturated heterocycles. The quantitative estimate of drug-likeness (QED) is 0.805. The summed E-state index contributed by atoms with van der Waals surface area (Å²) in [5, 5.41) is 2.71. The van der Waals surface area contributed by atoms with Crippen LogP contribution in [0, 0.1) is 12.8 Å². The molecule has 1 aromatic rings. The predicted molar refractivity (Wildman–Crippen MR) is 61.7 cm³/mol. The van der Waals surface area contributed by atoms with Gasteiger partial charge in [-0.05, 0) is 25.8 Å². The number of aryl methyl sites for hydroxylation is 1. The second kappa shape index (κ2) is 4.53. The second-order valence-electron chi connectivity index (χ2n) is 4.13. The van der Waals surface area contributed by atoms with Crippen molar-refractivity contribution in [2.45, 2.75) is 19.8 Å². The van der Waals surface area contributed by atoms with Crippen molar-refractivity contribution in [3.05, 3.63) is 23.5 Å². The maximum Gasteiger partial charge on any atom is 0.340 e. The van der Waals surface area contributed by atoms with Gasteiger partial charge in [0.25, 0.3) is 0 Å². The maximum atomic E-state index is 11.6. The Morgan fingerprint density at radius 1 is 1.47 bits per heavy atom. The average molecular weight is 234 g/mol. The fraction of sp³-hybridized carbons (Fsp3) is 0.417. The lowest BCUT2D eigenvalue weighted by Gasteiger charge is -2.09. The Morgan fingerprint density at radius 2 is 2.18 bits per heavy atom. The van der Waals surface area contributed by atoms with Crippen LogP contribution in [0.5, 0.6) is 0 Å². The van der Waals surface area contributed by atoms with Gasteiger partial charge in [0, 0.05) is 11.6 Å². The molecule has 1 aliphatic carbocycles. The summed E-state index contributed by atoms with van der Waals surface area (Å²) in [4.78, 5) is 27.3. The molecule has 0 aromatic carbocycles. The minimum Gasteiger partial charge on any atom is -0.465 e. The molecule has 1 heterocycles. The Hall–Kier alpha value is -1.91. The molecule has 0 unspecified atom stereocenters. The highest BCUT2D eigenvalue weighted by molar-refractivity contribution is 6.02. The molecular formula is C12H14N2O3. The van der Waals surface area contributed by atoms with Gasteiger partial charge in [0.15, 0.2) is 0 Å². The second-order valence-corrected chi connectivity index (χ2v) is 4.13. The highest BCUT2D eigenvalue weighted by Gasteiger charge is 2.30. The number of nitrogens with one attached hydrogen (secondary N) is 1. The number of carbonyl (C=O) groups excluding carboxylic acids is 2. The molecule has 1 saturated carbocycles. The van der Waals surface area contributed by atoms with Crippen LogP contribution in [0.3, 0.4) is 0 Å². The van der Waals surface area contributed by atoms with Gasteiger partial charge in [0.05, 0.1) is 24.6 Å². The predicted octanol–water partition coefficient (Wildman–Crippen LogP) is 1.53. The number of hydrogen-bond acceptors (Lipinski definition) is 4. The molecular weight excluding hydrogens is 220 g/mol. The van der Waals surface area contributed by atoms with Crippen molar-refractivity contribution in [3.8, 4) is 0 Å². The van der Waals surface area contributed by atoms with Crippen LogP contribution in [0.25, 0.3) is 0 Å². The highest BCUT2D eigenvalue weighted by atomic mass is 16.5. The summed E-state index contributed by atoms with van der Waals surface area (Å²) < 4.78 is 4.67. The van der Waals surface area contributed by atoms with Crippen molar-refractivity contribution in [2.75, 3.05) is 12.4 Å². The smallest absolute Gasteiger partial charge is 0.340 e. The molecule has 1 N–H and O–H groups in total. The number of ether oxygens (including phenoxy) is 1. The molecule has 5 nitrogen and oxygen atoms in total. The zero-order valence-corrected chi connectivity index (χ0v) is 9.82. The minimum atomic E-state index is -0.471. The van der Waals surface area contributed by atoms with E-state index in [9.17, 15) is 9.59 Å². The first kappa shape index (κ1) is 11.6. The number of amides is 1. The van der Waals surface area contributed by atoms with E-state index in [1.807, 2.05) is 0 Å². The molecule has 0 spiro atoms. The zero-order valence-electron chi connectivity index (χ0n) is 9.82. The van der Waals surface area contributed by atoms with E-state index in [-0.39, 0.29) is 11.8 Å². The van der Waals surface area contributed by atoms with Crippen molar-refractivity contribution < 1.29 is 14.3 Å². The minimum absolute atomic E-state index is 0.0548. The fourth-order valence-corrected chi connectivity index (χ4v) is 1.52. The van der Waals surface area contributed by atoms with Crippen LogP contribution in [0.4, 0.5) is 5.69 Å². The van der Waals surface area contributed by atoms with Crippen molar-refractivity contribution in [2.24, 2.45) is 5.92 Å². The molecule has 0 atom stereocenters. The highest BCUT2D eigenvalue weighted by Crippen LogP contribution is 2.30. The van der Waals surface area contributed by atoms with Crippen LogP contribution in [-0.2, 0) is 9.53 Å².